The van der Waals surface area contributed by atoms with E-state index in [1.54, 1.807) is 0 Å². The Morgan fingerprint density at radius 1 is 0.304 bits per heavy atom. The van der Waals surface area contributed by atoms with Gasteiger partial charge in [0.25, 0.3) is 0 Å². The molecule has 2 nitrogen and oxygen atoms in total. The number of hydrogen-bond acceptors (Lipinski definition) is 1. The molecule has 0 atom stereocenters. The van der Waals surface area contributed by atoms with Crippen LogP contribution in [0, 0.1) is 0 Å². The van der Waals surface area contributed by atoms with Gasteiger partial charge in [0, 0.05) is 33.5 Å². The molecule has 0 saturated heterocycles. The fourth-order valence-electron chi connectivity index (χ4n) is 9.33. The zero-order valence-corrected chi connectivity index (χ0v) is 30.5. The third-order valence-corrected chi connectivity index (χ3v) is 11.9. The zero-order valence-electron chi connectivity index (χ0n) is 30.5. The van der Waals surface area contributed by atoms with Crippen LogP contribution < -0.4 is 4.90 Å². The van der Waals surface area contributed by atoms with Crippen LogP contribution in [0.2, 0.25) is 0 Å². The minimum atomic E-state index is 1.10. The summed E-state index contributed by atoms with van der Waals surface area (Å²) < 4.78 is 2.40. The van der Waals surface area contributed by atoms with Gasteiger partial charge >= 0.3 is 0 Å². The zero-order chi connectivity index (χ0) is 36.7. The summed E-state index contributed by atoms with van der Waals surface area (Å²) in [5.41, 5.74) is 14.5. The molecule has 1 aromatic heterocycles. The standard InChI is InChI=1S/C54H34N2/c1-2-15-44-36(11-1)23-24-37-25-26-38(32-50(37)44)35-27-29-40(30-28-35)55(43-31-39-12-9-20-49-45-16-3-4-17-46(45)51(34-43)54(39)49)41-13-10-14-42(33-41)56-52-21-7-5-18-47(52)48-19-6-8-22-53(48)56/h1-34H. The van der Waals surface area contributed by atoms with E-state index in [1.807, 2.05) is 0 Å². The van der Waals surface area contributed by atoms with Crippen molar-refractivity contribution in [3.05, 3.63) is 206 Å². The number of para-hydroxylation sites is 2. The van der Waals surface area contributed by atoms with E-state index in [1.165, 1.54) is 87.5 Å². The quantitative estimate of drug-likeness (QED) is 0.161. The Balaban J connectivity index is 1.05. The second-order valence-electron chi connectivity index (χ2n) is 14.9. The molecule has 0 fully saturated rings. The van der Waals surface area contributed by atoms with Gasteiger partial charge < -0.3 is 9.47 Å². The molecule has 1 heterocycles. The molecule has 260 valence electrons. The predicted octanol–water partition coefficient (Wildman–Crippen LogP) is 15.0. The van der Waals surface area contributed by atoms with Crippen molar-refractivity contribution in [1.29, 1.82) is 0 Å². The van der Waals surface area contributed by atoms with E-state index >= 15 is 0 Å². The van der Waals surface area contributed by atoms with Crippen molar-refractivity contribution in [1.82, 2.24) is 4.57 Å². The lowest BCUT2D eigenvalue weighted by molar-refractivity contribution is 1.17. The monoisotopic (exact) mass is 710 g/mol. The SMILES string of the molecule is c1cc(N(c2ccc(-c3ccc4ccc5ccccc5c4c3)cc2)c2cc3c4c(cccc4c2)-c2ccccc2-3)cc(-n2c3ccccc3c3ccccc32)c1. The van der Waals surface area contributed by atoms with E-state index in [4.69, 9.17) is 0 Å². The van der Waals surface area contributed by atoms with Crippen LogP contribution >= 0.6 is 0 Å². The van der Waals surface area contributed by atoms with Crippen molar-refractivity contribution in [2.45, 2.75) is 0 Å². The highest BCUT2D eigenvalue weighted by atomic mass is 15.1. The number of hydrogen-bond donors (Lipinski definition) is 0. The Labute approximate surface area is 324 Å². The van der Waals surface area contributed by atoms with Gasteiger partial charge in [0.15, 0.2) is 0 Å². The lowest BCUT2D eigenvalue weighted by atomic mass is 9.97. The molecule has 0 unspecified atom stereocenters. The van der Waals surface area contributed by atoms with Crippen molar-refractivity contribution < 1.29 is 0 Å². The summed E-state index contributed by atoms with van der Waals surface area (Å²) in [4.78, 5) is 2.43. The first kappa shape index (κ1) is 31.0. The average Bonchev–Trinajstić information content (AvgIpc) is 3.78. The van der Waals surface area contributed by atoms with Gasteiger partial charge in [-0.15, -0.1) is 0 Å². The predicted molar refractivity (Wildman–Crippen MR) is 238 cm³/mol. The van der Waals surface area contributed by atoms with Crippen LogP contribution in [0.15, 0.2) is 206 Å². The molecule has 12 rings (SSSR count). The number of rotatable bonds is 5. The number of anilines is 3. The van der Waals surface area contributed by atoms with Crippen LogP contribution in [0.1, 0.15) is 0 Å². The normalized spacial score (nSPS) is 11.9. The maximum absolute atomic E-state index is 2.43. The highest BCUT2D eigenvalue weighted by molar-refractivity contribution is 6.17. The van der Waals surface area contributed by atoms with Crippen molar-refractivity contribution in [2.75, 3.05) is 4.90 Å². The third-order valence-electron chi connectivity index (χ3n) is 11.9. The molecule has 0 aliphatic heterocycles. The van der Waals surface area contributed by atoms with Gasteiger partial charge in [-0.1, -0.05) is 146 Å². The van der Waals surface area contributed by atoms with E-state index in [0.717, 1.165) is 22.7 Å². The lowest BCUT2D eigenvalue weighted by Gasteiger charge is -2.27. The van der Waals surface area contributed by atoms with E-state index < -0.39 is 0 Å². The highest BCUT2D eigenvalue weighted by Crippen LogP contribution is 2.50. The second-order valence-corrected chi connectivity index (χ2v) is 14.9. The molecule has 0 bridgehead atoms. The summed E-state index contributed by atoms with van der Waals surface area (Å²) in [7, 11) is 0. The molecule has 1 aliphatic rings. The largest absolute Gasteiger partial charge is 0.310 e. The molecule has 0 saturated carbocycles. The van der Waals surface area contributed by atoms with Crippen LogP contribution in [-0.2, 0) is 0 Å². The fraction of sp³-hybridized carbons (Fsp3) is 0. The summed E-state index contributed by atoms with van der Waals surface area (Å²) in [5.74, 6) is 0. The molecule has 2 heteroatoms. The number of aromatic nitrogens is 1. The number of fused-ring (bicyclic) bond motifs is 9. The van der Waals surface area contributed by atoms with Crippen LogP contribution in [0.3, 0.4) is 0 Å². The van der Waals surface area contributed by atoms with Crippen LogP contribution in [0.25, 0.3) is 93.2 Å². The summed E-state index contributed by atoms with van der Waals surface area (Å²) in [6, 6.07) is 75.9. The van der Waals surface area contributed by atoms with Crippen LogP contribution in [-0.4, -0.2) is 4.57 Å². The molecular formula is C54H34N2. The maximum Gasteiger partial charge on any atom is 0.0541 e. The smallest absolute Gasteiger partial charge is 0.0541 e. The van der Waals surface area contributed by atoms with Gasteiger partial charge in [-0.2, -0.15) is 0 Å². The van der Waals surface area contributed by atoms with Gasteiger partial charge in [0.2, 0.25) is 0 Å². The maximum atomic E-state index is 2.43. The Hall–Kier alpha value is -7.42. The molecule has 10 aromatic carbocycles. The fourth-order valence-corrected chi connectivity index (χ4v) is 9.33. The average molecular weight is 711 g/mol. The highest BCUT2D eigenvalue weighted by Gasteiger charge is 2.24. The first-order valence-electron chi connectivity index (χ1n) is 19.3. The van der Waals surface area contributed by atoms with Gasteiger partial charge in [-0.3, -0.25) is 0 Å². The molecule has 11 aromatic rings. The van der Waals surface area contributed by atoms with E-state index in [2.05, 4.69) is 216 Å². The third kappa shape index (κ3) is 4.63. The molecular weight excluding hydrogens is 677 g/mol. The summed E-state index contributed by atoms with van der Waals surface area (Å²) in [5, 5.41) is 10.2. The Morgan fingerprint density at radius 2 is 0.893 bits per heavy atom. The van der Waals surface area contributed by atoms with Crippen LogP contribution in [0.5, 0.6) is 0 Å². The second kappa shape index (κ2) is 12.0. The summed E-state index contributed by atoms with van der Waals surface area (Å²) in [6.07, 6.45) is 0. The van der Waals surface area contributed by atoms with Gasteiger partial charge in [0.05, 0.1) is 11.0 Å². The number of nitrogens with zero attached hydrogens (tertiary/aromatic N) is 2. The molecule has 1 aliphatic carbocycles. The van der Waals surface area contributed by atoms with Crippen molar-refractivity contribution in [2.24, 2.45) is 0 Å². The Morgan fingerprint density at radius 3 is 1.68 bits per heavy atom. The van der Waals surface area contributed by atoms with Crippen molar-refractivity contribution >= 4 is 71.2 Å². The first-order valence-corrected chi connectivity index (χ1v) is 19.3. The molecule has 0 amide bonds. The Kier molecular flexibility index (Phi) is 6.66. The van der Waals surface area contributed by atoms with Crippen molar-refractivity contribution in [3.8, 4) is 39.1 Å². The van der Waals surface area contributed by atoms with Gasteiger partial charge in [-0.05, 0) is 126 Å². The van der Waals surface area contributed by atoms with E-state index in [9.17, 15) is 0 Å². The topological polar surface area (TPSA) is 8.17 Å². The summed E-state index contributed by atoms with van der Waals surface area (Å²) in [6.45, 7) is 0. The first-order chi connectivity index (χ1) is 27.8. The minimum absolute atomic E-state index is 1.10. The van der Waals surface area contributed by atoms with Crippen molar-refractivity contribution in [3.63, 3.8) is 0 Å². The Bertz CT molecular complexity index is 3310. The minimum Gasteiger partial charge on any atom is -0.310 e. The molecule has 0 radical (unpaired) electrons. The van der Waals surface area contributed by atoms with Crippen LogP contribution in [0.4, 0.5) is 17.1 Å². The summed E-state index contributed by atoms with van der Waals surface area (Å²) >= 11 is 0. The van der Waals surface area contributed by atoms with Gasteiger partial charge in [0.1, 0.15) is 0 Å². The number of benzene rings is 10. The van der Waals surface area contributed by atoms with Gasteiger partial charge in [-0.25, -0.2) is 0 Å². The lowest BCUT2D eigenvalue weighted by Crippen LogP contribution is -2.11. The molecule has 56 heavy (non-hydrogen) atoms. The molecule has 0 N–H and O–H groups in total. The van der Waals surface area contributed by atoms with E-state index in [0.29, 0.717) is 0 Å². The van der Waals surface area contributed by atoms with E-state index in [-0.39, 0.29) is 0 Å². The molecule has 0 spiro atoms.